The molecule has 0 unspecified atom stereocenters. The summed E-state index contributed by atoms with van der Waals surface area (Å²) >= 11 is 0. The lowest BCUT2D eigenvalue weighted by atomic mass is 10.1. The highest BCUT2D eigenvalue weighted by Gasteiger charge is 2.10. The van der Waals surface area contributed by atoms with Crippen molar-refractivity contribution in [2.75, 3.05) is 10.6 Å². The first-order chi connectivity index (χ1) is 7.91. The number of anilines is 2. The molecule has 0 saturated heterocycles. The Morgan fingerprint density at radius 3 is 2.12 bits per heavy atom. The van der Waals surface area contributed by atoms with Crippen LogP contribution in [0.2, 0.25) is 0 Å². The molecule has 4 nitrogen and oxygen atoms in total. The van der Waals surface area contributed by atoms with E-state index < -0.39 is 0 Å². The molecule has 92 valence electrons. The van der Waals surface area contributed by atoms with Crippen LogP contribution in [0.1, 0.15) is 26.3 Å². The molecule has 2 amide bonds. The first-order valence-electron chi connectivity index (χ1n) is 5.60. The first kappa shape index (κ1) is 13.2. The van der Waals surface area contributed by atoms with Crippen molar-refractivity contribution in [3.8, 4) is 0 Å². The Labute approximate surface area is 101 Å². The second-order valence-corrected chi connectivity index (χ2v) is 4.30. The van der Waals surface area contributed by atoms with E-state index >= 15 is 0 Å². The number of carbonyl (C=O) groups excluding carboxylic acids is 2. The lowest BCUT2D eigenvalue weighted by Crippen LogP contribution is -2.19. The Hall–Kier alpha value is -1.84. The summed E-state index contributed by atoms with van der Waals surface area (Å²) in [5.74, 6) is -0.229. The molecule has 0 fully saturated rings. The quantitative estimate of drug-likeness (QED) is 0.844. The monoisotopic (exact) mass is 234 g/mol. The van der Waals surface area contributed by atoms with E-state index in [1.54, 1.807) is 6.07 Å². The number of hydrogen-bond acceptors (Lipinski definition) is 2. The molecule has 1 rings (SSSR count). The van der Waals surface area contributed by atoms with E-state index in [2.05, 4.69) is 10.6 Å². The highest BCUT2D eigenvalue weighted by atomic mass is 16.2. The number of amides is 2. The molecule has 0 saturated carbocycles. The van der Waals surface area contributed by atoms with E-state index in [9.17, 15) is 9.59 Å². The number of hydrogen-bond donors (Lipinski definition) is 2. The molecule has 17 heavy (non-hydrogen) atoms. The number of benzene rings is 1. The van der Waals surface area contributed by atoms with E-state index in [0.29, 0.717) is 0 Å². The Kier molecular flexibility index (Phi) is 4.26. The van der Waals surface area contributed by atoms with Crippen LogP contribution in [0, 0.1) is 12.8 Å². The average molecular weight is 234 g/mol. The topological polar surface area (TPSA) is 58.2 Å². The molecule has 0 aliphatic carbocycles. The molecule has 0 heterocycles. The summed E-state index contributed by atoms with van der Waals surface area (Å²) in [5.41, 5.74) is 2.31. The first-order valence-corrected chi connectivity index (χ1v) is 5.60. The Morgan fingerprint density at radius 1 is 1.12 bits per heavy atom. The zero-order chi connectivity index (χ0) is 13.0. The van der Waals surface area contributed by atoms with Gasteiger partial charge in [-0.05, 0) is 24.6 Å². The smallest absolute Gasteiger partial charge is 0.226 e. The van der Waals surface area contributed by atoms with E-state index in [0.717, 1.165) is 16.9 Å². The maximum Gasteiger partial charge on any atom is 0.226 e. The van der Waals surface area contributed by atoms with Crippen LogP contribution >= 0.6 is 0 Å². The van der Waals surface area contributed by atoms with Crippen molar-refractivity contribution in [3.63, 3.8) is 0 Å². The van der Waals surface area contributed by atoms with Gasteiger partial charge in [0.1, 0.15) is 0 Å². The van der Waals surface area contributed by atoms with Crippen molar-refractivity contribution in [1.29, 1.82) is 0 Å². The fourth-order valence-electron chi connectivity index (χ4n) is 1.37. The molecule has 0 atom stereocenters. The Bertz CT molecular complexity index is 439. The maximum atomic E-state index is 11.6. The summed E-state index contributed by atoms with van der Waals surface area (Å²) in [5, 5.41) is 5.56. The van der Waals surface area contributed by atoms with Gasteiger partial charge in [0.2, 0.25) is 11.8 Å². The van der Waals surface area contributed by atoms with Crippen LogP contribution < -0.4 is 10.6 Å². The van der Waals surface area contributed by atoms with Crippen LogP contribution in [0.4, 0.5) is 11.4 Å². The standard InChI is InChI=1S/C13H18N2O2/c1-8(2)13(17)15-12-7-5-6-11(9(12)3)14-10(4)16/h5-8H,1-4H3,(H,14,16)(H,15,17). The zero-order valence-corrected chi connectivity index (χ0v) is 10.6. The summed E-state index contributed by atoms with van der Waals surface area (Å²) in [7, 11) is 0. The lowest BCUT2D eigenvalue weighted by Gasteiger charge is -2.13. The fourth-order valence-corrected chi connectivity index (χ4v) is 1.37. The summed E-state index contributed by atoms with van der Waals surface area (Å²) in [6, 6.07) is 5.43. The normalized spacial score (nSPS) is 10.2. The molecular formula is C13H18N2O2. The highest BCUT2D eigenvalue weighted by Crippen LogP contribution is 2.23. The van der Waals surface area contributed by atoms with E-state index in [-0.39, 0.29) is 17.7 Å². The van der Waals surface area contributed by atoms with E-state index in [4.69, 9.17) is 0 Å². The largest absolute Gasteiger partial charge is 0.326 e. The second-order valence-electron chi connectivity index (χ2n) is 4.30. The molecule has 0 spiro atoms. The predicted molar refractivity (Wildman–Crippen MR) is 69.0 cm³/mol. The third-order valence-electron chi connectivity index (χ3n) is 2.43. The highest BCUT2D eigenvalue weighted by molar-refractivity contribution is 5.95. The van der Waals surface area contributed by atoms with Gasteiger partial charge in [0, 0.05) is 24.2 Å². The minimum atomic E-state index is -0.125. The Morgan fingerprint density at radius 2 is 1.65 bits per heavy atom. The molecule has 2 N–H and O–H groups in total. The number of rotatable bonds is 3. The molecule has 0 aromatic heterocycles. The minimum Gasteiger partial charge on any atom is -0.326 e. The van der Waals surface area contributed by atoms with Gasteiger partial charge in [-0.15, -0.1) is 0 Å². The number of nitrogens with one attached hydrogen (secondary N) is 2. The molecule has 0 aliphatic heterocycles. The lowest BCUT2D eigenvalue weighted by molar-refractivity contribution is -0.119. The van der Waals surface area contributed by atoms with Gasteiger partial charge in [-0.1, -0.05) is 19.9 Å². The van der Waals surface area contributed by atoms with Gasteiger partial charge in [0.25, 0.3) is 0 Å². The molecule has 1 aromatic rings. The predicted octanol–water partition coefficient (Wildman–Crippen LogP) is 2.55. The molecule has 0 bridgehead atoms. The molecule has 0 aliphatic rings. The minimum absolute atomic E-state index is 0.0342. The van der Waals surface area contributed by atoms with Gasteiger partial charge in [0.05, 0.1) is 0 Å². The van der Waals surface area contributed by atoms with Gasteiger partial charge < -0.3 is 10.6 Å². The molecule has 1 aromatic carbocycles. The van der Waals surface area contributed by atoms with Crippen molar-refractivity contribution in [2.24, 2.45) is 5.92 Å². The van der Waals surface area contributed by atoms with Crippen molar-refractivity contribution in [1.82, 2.24) is 0 Å². The van der Waals surface area contributed by atoms with Gasteiger partial charge in [-0.3, -0.25) is 9.59 Å². The molecule has 4 heteroatoms. The van der Waals surface area contributed by atoms with Crippen molar-refractivity contribution < 1.29 is 9.59 Å². The second kappa shape index (κ2) is 5.48. The van der Waals surface area contributed by atoms with Crippen LogP contribution in [-0.2, 0) is 9.59 Å². The fraction of sp³-hybridized carbons (Fsp3) is 0.385. The van der Waals surface area contributed by atoms with Crippen molar-refractivity contribution in [2.45, 2.75) is 27.7 Å². The third-order valence-corrected chi connectivity index (χ3v) is 2.43. The van der Waals surface area contributed by atoms with Crippen LogP contribution in [0.25, 0.3) is 0 Å². The van der Waals surface area contributed by atoms with Gasteiger partial charge in [-0.25, -0.2) is 0 Å². The zero-order valence-electron chi connectivity index (χ0n) is 10.6. The van der Waals surface area contributed by atoms with Crippen LogP contribution in [-0.4, -0.2) is 11.8 Å². The summed E-state index contributed by atoms with van der Waals surface area (Å²) in [6.45, 7) is 6.99. The summed E-state index contributed by atoms with van der Waals surface area (Å²) < 4.78 is 0. The summed E-state index contributed by atoms with van der Waals surface area (Å²) in [6.07, 6.45) is 0. The van der Waals surface area contributed by atoms with Gasteiger partial charge in [-0.2, -0.15) is 0 Å². The SMILES string of the molecule is CC(=O)Nc1cccc(NC(=O)C(C)C)c1C. The average Bonchev–Trinajstić information content (AvgIpc) is 2.23. The third kappa shape index (κ3) is 3.59. The van der Waals surface area contributed by atoms with E-state index in [1.807, 2.05) is 32.9 Å². The van der Waals surface area contributed by atoms with Crippen molar-refractivity contribution >= 4 is 23.2 Å². The summed E-state index contributed by atoms with van der Waals surface area (Å²) in [4.78, 5) is 22.6. The molecular weight excluding hydrogens is 216 g/mol. The maximum absolute atomic E-state index is 11.6. The Balaban J connectivity index is 2.94. The van der Waals surface area contributed by atoms with Crippen LogP contribution in [0.15, 0.2) is 18.2 Å². The van der Waals surface area contributed by atoms with Gasteiger partial charge >= 0.3 is 0 Å². The number of carbonyl (C=O) groups is 2. The van der Waals surface area contributed by atoms with Crippen LogP contribution in [0.3, 0.4) is 0 Å². The van der Waals surface area contributed by atoms with E-state index in [1.165, 1.54) is 6.92 Å². The van der Waals surface area contributed by atoms with Crippen molar-refractivity contribution in [3.05, 3.63) is 23.8 Å². The molecule has 0 radical (unpaired) electrons. The van der Waals surface area contributed by atoms with Gasteiger partial charge in [0.15, 0.2) is 0 Å². The van der Waals surface area contributed by atoms with Crippen LogP contribution in [0.5, 0.6) is 0 Å².